The second kappa shape index (κ2) is 6.25. The van der Waals surface area contributed by atoms with E-state index >= 15 is 0 Å². The van der Waals surface area contributed by atoms with E-state index in [9.17, 15) is 0 Å². The van der Waals surface area contributed by atoms with E-state index in [1.54, 1.807) is 0 Å². The molecule has 2 N–H and O–H groups in total. The Bertz CT molecular complexity index is 446. The molecule has 0 bridgehead atoms. The smallest absolute Gasteiger partial charge is 0.0702 e. The topological polar surface area (TPSA) is 38.5 Å². The minimum absolute atomic E-state index is 0.153. The lowest BCUT2D eigenvalue weighted by atomic mass is 9.83. The number of aryl methyl sites for hydroxylation is 1. The summed E-state index contributed by atoms with van der Waals surface area (Å²) in [4.78, 5) is 2.57. The number of benzene rings is 1. The van der Waals surface area contributed by atoms with Crippen molar-refractivity contribution in [1.82, 2.24) is 4.90 Å². The third kappa shape index (κ3) is 2.76. The number of fused-ring (bicyclic) bond motifs is 1. The van der Waals surface area contributed by atoms with Gasteiger partial charge in [-0.3, -0.25) is 4.90 Å². The molecule has 0 spiro atoms. The maximum atomic E-state index is 6.56. The first kappa shape index (κ1) is 14.1. The fourth-order valence-corrected chi connectivity index (χ4v) is 3.83. The van der Waals surface area contributed by atoms with E-state index in [0.717, 1.165) is 19.6 Å². The molecule has 1 aliphatic carbocycles. The Kier molecular flexibility index (Phi) is 4.39. The molecule has 0 saturated carbocycles. The molecule has 0 aromatic heterocycles. The van der Waals surface area contributed by atoms with Crippen molar-refractivity contribution < 1.29 is 4.74 Å². The lowest BCUT2D eigenvalue weighted by Crippen LogP contribution is -2.51. The predicted octanol–water partition coefficient (Wildman–Crippen LogP) is 2.50. The number of nitrogens with zero attached hydrogens (tertiary/aromatic N) is 1. The molecular weight excluding hydrogens is 248 g/mol. The standard InChI is InChI=1S/C17H26N2O/c1-2-20-14-7-5-11-19(12-14)16-10-9-13-6-3-4-8-15(13)17(16)18/h3-4,6,8,14,16-17H,2,5,7,9-12,18H2,1H3. The molecule has 1 aromatic carbocycles. The Morgan fingerprint density at radius 3 is 3.00 bits per heavy atom. The predicted molar refractivity (Wildman–Crippen MR) is 81.7 cm³/mol. The van der Waals surface area contributed by atoms with Crippen LogP contribution in [0.15, 0.2) is 24.3 Å². The van der Waals surface area contributed by atoms with Crippen molar-refractivity contribution in [3.05, 3.63) is 35.4 Å². The molecular formula is C17H26N2O. The second-order valence-corrected chi connectivity index (χ2v) is 6.05. The zero-order valence-electron chi connectivity index (χ0n) is 12.4. The Balaban J connectivity index is 1.72. The molecule has 1 aliphatic heterocycles. The molecule has 3 rings (SSSR count). The van der Waals surface area contributed by atoms with Gasteiger partial charge in [-0.25, -0.2) is 0 Å². The summed E-state index contributed by atoms with van der Waals surface area (Å²) in [6, 6.07) is 9.30. The van der Waals surface area contributed by atoms with Crippen LogP contribution in [0.25, 0.3) is 0 Å². The van der Waals surface area contributed by atoms with E-state index in [1.165, 1.54) is 36.9 Å². The zero-order valence-corrected chi connectivity index (χ0v) is 12.4. The summed E-state index contributed by atoms with van der Waals surface area (Å²) < 4.78 is 5.83. The van der Waals surface area contributed by atoms with Crippen LogP contribution in [-0.2, 0) is 11.2 Å². The van der Waals surface area contributed by atoms with Crippen molar-refractivity contribution in [2.45, 2.75) is 50.8 Å². The summed E-state index contributed by atoms with van der Waals surface area (Å²) in [5.41, 5.74) is 9.35. The normalized spacial score (nSPS) is 31.0. The fraction of sp³-hybridized carbons (Fsp3) is 0.647. The van der Waals surface area contributed by atoms with Crippen LogP contribution >= 0.6 is 0 Å². The summed E-state index contributed by atoms with van der Waals surface area (Å²) in [5, 5.41) is 0. The van der Waals surface area contributed by atoms with Crippen molar-refractivity contribution in [2.24, 2.45) is 5.73 Å². The largest absolute Gasteiger partial charge is 0.377 e. The first-order valence-electron chi connectivity index (χ1n) is 7.98. The number of rotatable bonds is 3. The second-order valence-electron chi connectivity index (χ2n) is 6.05. The number of hydrogen-bond acceptors (Lipinski definition) is 3. The maximum absolute atomic E-state index is 6.56. The van der Waals surface area contributed by atoms with Gasteiger partial charge >= 0.3 is 0 Å². The van der Waals surface area contributed by atoms with Crippen LogP contribution in [0.5, 0.6) is 0 Å². The SMILES string of the molecule is CCOC1CCCN(C2CCc3ccccc3C2N)C1. The van der Waals surface area contributed by atoms with Gasteiger partial charge in [0.15, 0.2) is 0 Å². The Morgan fingerprint density at radius 2 is 2.15 bits per heavy atom. The molecule has 0 radical (unpaired) electrons. The first-order valence-corrected chi connectivity index (χ1v) is 7.98. The molecule has 20 heavy (non-hydrogen) atoms. The van der Waals surface area contributed by atoms with E-state index in [-0.39, 0.29) is 6.04 Å². The molecule has 3 heteroatoms. The van der Waals surface area contributed by atoms with Gasteiger partial charge in [-0.1, -0.05) is 24.3 Å². The van der Waals surface area contributed by atoms with Gasteiger partial charge in [0.05, 0.1) is 6.10 Å². The van der Waals surface area contributed by atoms with Crippen LogP contribution in [-0.4, -0.2) is 36.7 Å². The average Bonchev–Trinajstić information content (AvgIpc) is 2.48. The van der Waals surface area contributed by atoms with Crippen LogP contribution in [0.4, 0.5) is 0 Å². The Morgan fingerprint density at radius 1 is 1.30 bits per heavy atom. The highest BCUT2D eigenvalue weighted by atomic mass is 16.5. The van der Waals surface area contributed by atoms with Crippen LogP contribution < -0.4 is 5.73 Å². The monoisotopic (exact) mass is 274 g/mol. The zero-order chi connectivity index (χ0) is 13.9. The highest BCUT2D eigenvalue weighted by Crippen LogP contribution is 2.32. The molecule has 1 aromatic rings. The Hall–Kier alpha value is -0.900. The molecule has 3 unspecified atom stereocenters. The number of ether oxygens (including phenoxy) is 1. The summed E-state index contributed by atoms with van der Waals surface area (Å²) in [6.45, 7) is 5.12. The quantitative estimate of drug-likeness (QED) is 0.920. The molecule has 3 atom stereocenters. The number of nitrogens with two attached hydrogens (primary N) is 1. The fourth-order valence-electron chi connectivity index (χ4n) is 3.83. The highest BCUT2D eigenvalue weighted by molar-refractivity contribution is 5.33. The minimum Gasteiger partial charge on any atom is -0.377 e. The minimum atomic E-state index is 0.153. The summed E-state index contributed by atoms with van der Waals surface area (Å²) in [7, 11) is 0. The molecule has 2 aliphatic rings. The highest BCUT2D eigenvalue weighted by Gasteiger charge is 2.33. The summed E-state index contributed by atoms with van der Waals surface area (Å²) >= 11 is 0. The van der Waals surface area contributed by atoms with Gasteiger partial charge in [0.1, 0.15) is 0 Å². The van der Waals surface area contributed by atoms with E-state index in [2.05, 4.69) is 36.1 Å². The lowest BCUT2D eigenvalue weighted by molar-refractivity contribution is -0.0132. The van der Waals surface area contributed by atoms with Gasteiger partial charge in [-0.15, -0.1) is 0 Å². The van der Waals surface area contributed by atoms with E-state index in [4.69, 9.17) is 10.5 Å². The van der Waals surface area contributed by atoms with Crippen LogP contribution in [0, 0.1) is 0 Å². The van der Waals surface area contributed by atoms with Crippen molar-refractivity contribution in [3.63, 3.8) is 0 Å². The lowest BCUT2D eigenvalue weighted by Gasteiger charge is -2.43. The van der Waals surface area contributed by atoms with Crippen molar-refractivity contribution >= 4 is 0 Å². The number of hydrogen-bond donors (Lipinski definition) is 1. The van der Waals surface area contributed by atoms with Gasteiger partial charge in [0.25, 0.3) is 0 Å². The first-order chi connectivity index (χ1) is 9.79. The molecule has 1 fully saturated rings. The van der Waals surface area contributed by atoms with Gasteiger partial charge in [-0.05, 0) is 50.3 Å². The van der Waals surface area contributed by atoms with E-state index in [1.807, 2.05) is 0 Å². The third-order valence-corrected chi connectivity index (χ3v) is 4.82. The van der Waals surface area contributed by atoms with Gasteiger partial charge in [0.2, 0.25) is 0 Å². The van der Waals surface area contributed by atoms with Gasteiger partial charge < -0.3 is 10.5 Å². The van der Waals surface area contributed by atoms with Crippen molar-refractivity contribution in [1.29, 1.82) is 0 Å². The third-order valence-electron chi connectivity index (χ3n) is 4.82. The van der Waals surface area contributed by atoms with E-state index < -0.39 is 0 Å². The van der Waals surface area contributed by atoms with Gasteiger partial charge in [0, 0.05) is 25.2 Å². The molecule has 1 saturated heterocycles. The molecule has 0 amide bonds. The number of likely N-dealkylation sites (tertiary alicyclic amines) is 1. The molecule has 110 valence electrons. The van der Waals surface area contributed by atoms with Crippen LogP contribution in [0.1, 0.15) is 43.4 Å². The van der Waals surface area contributed by atoms with Crippen molar-refractivity contribution in [3.8, 4) is 0 Å². The molecule has 3 nitrogen and oxygen atoms in total. The molecule has 1 heterocycles. The number of piperidine rings is 1. The average molecular weight is 274 g/mol. The summed E-state index contributed by atoms with van der Waals surface area (Å²) in [6.07, 6.45) is 5.16. The van der Waals surface area contributed by atoms with Crippen LogP contribution in [0.2, 0.25) is 0 Å². The Labute approximate surface area is 122 Å². The van der Waals surface area contributed by atoms with Crippen LogP contribution in [0.3, 0.4) is 0 Å². The van der Waals surface area contributed by atoms with E-state index in [0.29, 0.717) is 12.1 Å². The van der Waals surface area contributed by atoms with Gasteiger partial charge in [-0.2, -0.15) is 0 Å². The maximum Gasteiger partial charge on any atom is 0.0702 e. The summed E-state index contributed by atoms with van der Waals surface area (Å²) in [5.74, 6) is 0. The van der Waals surface area contributed by atoms with Crippen molar-refractivity contribution in [2.75, 3.05) is 19.7 Å².